The molecule has 1 saturated carbocycles. The van der Waals surface area contributed by atoms with E-state index in [1.54, 1.807) is 6.07 Å². The van der Waals surface area contributed by atoms with Crippen molar-refractivity contribution in [3.63, 3.8) is 0 Å². The Hall–Kier alpha value is -2.62. The summed E-state index contributed by atoms with van der Waals surface area (Å²) in [7, 11) is 1.99. The molecule has 1 atom stereocenters. The van der Waals surface area contributed by atoms with Crippen molar-refractivity contribution in [3.8, 4) is 11.1 Å². The first-order chi connectivity index (χ1) is 15.0. The SMILES string of the molecule is CNCC1([C@H](c2cccc(F)c2)n2cc(-c3ccc(C)cc3Cl)c3ccccc32)CC1. The molecule has 0 radical (unpaired) electrons. The maximum atomic E-state index is 14.3. The fourth-order valence-electron chi connectivity index (χ4n) is 5.02. The van der Waals surface area contributed by atoms with Crippen LogP contribution < -0.4 is 5.32 Å². The molecular weight excluding hydrogens is 407 g/mol. The largest absolute Gasteiger partial charge is 0.339 e. The Kier molecular flexibility index (Phi) is 5.11. The van der Waals surface area contributed by atoms with E-state index in [-0.39, 0.29) is 17.3 Å². The number of aromatic nitrogens is 1. The number of hydrogen-bond donors (Lipinski definition) is 1. The van der Waals surface area contributed by atoms with Crippen LogP contribution in [0.5, 0.6) is 0 Å². The average Bonchev–Trinajstić information content (AvgIpc) is 3.42. The fraction of sp³-hybridized carbons (Fsp3) is 0.259. The predicted molar refractivity (Wildman–Crippen MR) is 127 cm³/mol. The Morgan fingerprint density at radius 2 is 1.84 bits per heavy atom. The van der Waals surface area contributed by atoms with Gasteiger partial charge in [0.25, 0.3) is 0 Å². The van der Waals surface area contributed by atoms with E-state index >= 15 is 0 Å². The molecule has 0 unspecified atom stereocenters. The highest BCUT2D eigenvalue weighted by atomic mass is 35.5. The van der Waals surface area contributed by atoms with E-state index in [4.69, 9.17) is 11.6 Å². The van der Waals surface area contributed by atoms with Crippen LogP contribution in [0.2, 0.25) is 5.02 Å². The van der Waals surface area contributed by atoms with E-state index in [1.165, 1.54) is 6.07 Å². The second-order valence-electron chi connectivity index (χ2n) is 8.80. The number of halogens is 2. The molecule has 0 saturated heterocycles. The molecule has 1 fully saturated rings. The summed E-state index contributed by atoms with van der Waals surface area (Å²) < 4.78 is 16.6. The second-order valence-corrected chi connectivity index (χ2v) is 9.21. The van der Waals surface area contributed by atoms with Gasteiger partial charge in [-0.05, 0) is 62.2 Å². The summed E-state index contributed by atoms with van der Waals surface area (Å²) in [4.78, 5) is 0. The Balaban J connectivity index is 1.76. The molecule has 158 valence electrons. The van der Waals surface area contributed by atoms with Gasteiger partial charge in [-0.1, -0.05) is 54.1 Å². The van der Waals surface area contributed by atoms with Gasteiger partial charge in [0.1, 0.15) is 5.82 Å². The third-order valence-electron chi connectivity index (χ3n) is 6.60. The van der Waals surface area contributed by atoms with Gasteiger partial charge in [0.15, 0.2) is 0 Å². The smallest absolute Gasteiger partial charge is 0.123 e. The molecule has 5 rings (SSSR count). The lowest BCUT2D eigenvalue weighted by atomic mass is 9.89. The zero-order valence-electron chi connectivity index (χ0n) is 17.8. The lowest BCUT2D eigenvalue weighted by Crippen LogP contribution is -2.30. The van der Waals surface area contributed by atoms with Gasteiger partial charge >= 0.3 is 0 Å². The first kappa shape index (κ1) is 20.3. The number of nitrogens with zero attached hydrogens (tertiary/aromatic N) is 1. The molecule has 1 N–H and O–H groups in total. The monoisotopic (exact) mass is 432 g/mol. The molecule has 1 heterocycles. The third-order valence-corrected chi connectivity index (χ3v) is 6.91. The summed E-state index contributed by atoms with van der Waals surface area (Å²) in [5.41, 5.74) is 5.50. The number of hydrogen-bond acceptors (Lipinski definition) is 1. The van der Waals surface area contributed by atoms with Crippen molar-refractivity contribution in [3.05, 3.63) is 94.9 Å². The standard InChI is InChI=1S/C27H26ClFN2/c1-18-10-11-21(24(28)14-18)23-16-31(25-9-4-3-8-22(23)25)26(27(12-13-27)17-30-2)19-6-5-7-20(29)15-19/h3-11,14-16,26,30H,12-13,17H2,1-2H3/t26-/m0/s1. The van der Waals surface area contributed by atoms with Crippen LogP contribution in [0, 0.1) is 18.2 Å². The second kappa shape index (κ2) is 7.81. The first-order valence-electron chi connectivity index (χ1n) is 10.8. The van der Waals surface area contributed by atoms with E-state index in [0.717, 1.165) is 57.6 Å². The Morgan fingerprint density at radius 1 is 1.03 bits per heavy atom. The van der Waals surface area contributed by atoms with E-state index < -0.39 is 0 Å². The fourth-order valence-corrected chi connectivity index (χ4v) is 5.35. The van der Waals surface area contributed by atoms with Crippen LogP contribution in [0.1, 0.15) is 30.0 Å². The van der Waals surface area contributed by atoms with Gasteiger partial charge in [0.2, 0.25) is 0 Å². The number of fused-ring (bicyclic) bond motifs is 1. The predicted octanol–water partition coefficient (Wildman–Crippen LogP) is 7.00. The molecule has 0 spiro atoms. The highest BCUT2D eigenvalue weighted by molar-refractivity contribution is 6.33. The molecule has 4 heteroatoms. The number of aryl methyl sites for hydroxylation is 1. The van der Waals surface area contributed by atoms with Crippen molar-refractivity contribution in [2.24, 2.45) is 5.41 Å². The highest BCUT2D eigenvalue weighted by Gasteiger charge is 2.50. The van der Waals surface area contributed by atoms with Crippen LogP contribution in [0.3, 0.4) is 0 Å². The van der Waals surface area contributed by atoms with Crippen molar-refractivity contribution in [2.75, 3.05) is 13.6 Å². The quantitative estimate of drug-likeness (QED) is 0.347. The van der Waals surface area contributed by atoms with Crippen LogP contribution in [0.25, 0.3) is 22.0 Å². The van der Waals surface area contributed by atoms with Crippen molar-refractivity contribution < 1.29 is 4.39 Å². The number of nitrogens with one attached hydrogen (secondary N) is 1. The summed E-state index contributed by atoms with van der Waals surface area (Å²) >= 11 is 6.67. The van der Waals surface area contributed by atoms with Crippen molar-refractivity contribution >= 4 is 22.5 Å². The zero-order chi connectivity index (χ0) is 21.6. The van der Waals surface area contributed by atoms with E-state index in [1.807, 2.05) is 26.1 Å². The van der Waals surface area contributed by atoms with Crippen LogP contribution in [-0.2, 0) is 0 Å². The Morgan fingerprint density at radius 3 is 2.55 bits per heavy atom. The molecule has 2 nitrogen and oxygen atoms in total. The maximum Gasteiger partial charge on any atom is 0.123 e. The van der Waals surface area contributed by atoms with Gasteiger partial charge < -0.3 is 9.88 Å². The van der Waals surface area contributed by atoms with Crippen LogP contribution in [0.4, 0.5) is 4.39 Å². The molecule has 1 aliphatic carbocycles. The molecule has 0 bridgehead atoms. The average molecular weight is 433 g/mol. The van der Waals surface area contributed by atoms with E-state index in [0.29, 0.717) is 0 Å². The van der Waals surface area contributed by atoms with Gasteiger partial charge in [-0.2, -0.15) is 0 Å². The minimum absolute atomic E-state index is 0.0403. The number of para-hydroxylation sites is 1. The highest BCUT2D eigenvalue weighted by Crippen LogP contribution is 2.57. The summed E-state index contributed by atoms with van der Waals surface area (Å²) in [6.45, 7) is 2.94. The van der Waals surface area contributed by atoms with Crippen molar-refractivity contribution in [1.29, 1.82) is 0 Å². The lowest BCUT2D eigenvalue weighted by Gasteiger charge is -2.30. The van der Waals surface area contributed by atoms with Crippen LogP contribution in [0.15, 0.2) is 72.9 Å². The minimum atomic E-state index is -0.193. The van der Waals surface area contributed by atoms with E-state index in [9.17, 15) is 4.39 Å². The van der Waals surface area contributed by atoms with Gasteiger partial charge in [0.05, 0.1) is 6.04 Å². The third kappa shape index (κ3) is 3.56. The zero-order valence-corrected chi connectivity index (χ0v) is 18.6. The molecule has 3 aromatic carbocycles. The molecular formula is C27H26ClFN2. The van der Waals surface area contributed by atoms with Gasteiger partial charge in [-0.3, -0.25) is 0 Å². The van der Waals surface area contributed by atoms with Gasteiger partial charge in [-0.15, -0.1) is 0 Å². The maximum absolute atomic E-state index is 14.3. The molecule has 4 aromatic rings. The molecule has 1 aromatic heterocycles. The number of benzene rings is 3. The first-order valence-corrected chi connectivity index (χ1v) is 11.2. The van der Waals surface area contributed by atoms with Crippen LogP contribution in [-0.4, -0.2) is 18.2 Å². The Labute approximate surface area is 187 Å². The summed E-state index contributed by atoms with van der Waals surface area (Å²) in [5, 5.41) is 5.29. The summed E-state index contributed by atoms with van der Waals surface area (Å²) in [5.74, 6) is -0.193. The Bertz CT molecular complexity index is 1260. The molecule has 0 aliphatic heterocycles. The molecule has 1 aliphatic rings. The van der Waals surface area contributed by atoms with Gasteiger partial charge in [0, 0.05) is 45.2 Å². The van der Waals surface area contributed by atoms with Gasteiger partial charge in [-0.25, -0.2) is 4.39 Å². The van der Waals surface area contributed by atoms with Crippen molar-refractivity contribution in [1.82, 2.24) is 9.88 Å². The topological polar surface area (TPSA) is 17.0 Å². The summed E-state index contributed by atoms with van der Waals surface area (Å²) in [6.07, 6.45) is 4.44. The lowest BCUT2D eigenvalue weighted by molar-refractivity contribution is 0.349. The molecule has 31 heavy (non-hydrogen) atoms. The number of rotatable bonds is 6. The van der Waals surface area contributed by atoms with Crippen molar-refractivity contribution in [2.45, 2.75) is 25.8 Å². The normalized spacial score (nSPS) is 15.9. The minimum Gasteiger partial charge on any atom is -0.339 e. The summed E-state index contributed by atoms with van der Waals surface area (Å²) in [6, 6.07) is 21.8. The van der Waals surface area contributed by atoms with Crippen LogP contribution >= 0.6 is 11.6 Å². The van der Waals surface area contributed by atoms with E-state index in [2.05, 4.69) is 58.5 Å². The molecule has 0 amide bonds.